The molecule has 2 aromatic carbocycles. The van der Waals surface area contributed by atoms with E-state index in [9.17, 15) is 5.11 Å². The van der Waals surface area contributed by atoms with E-state index in [2.05, 4.69) is 0 Å². The minimum Gasteiger partial charge on any atom is -0.456 e. The molecule has 0 radical (unpaired) electrons. The number of aliphatic hydroxyl groups is 1. The second kappa shape index (κ2) is 4.26. The Morgan fingerprint density at radius 1 is 1.19 bits per heavy atom. The number of halogens is 1. The molecule has 0 saturated carbocycles. The Labute approximate surface area is 126 Å². The Kier molecular flexibility index (Phi) is 2.59. The van der Waals surface area contributed by atoms with Crippen LogP contribution < -0.4 is 5.73 Å². The molecule has 4 rings (SSSR count). The van der Waals surface area contributed by atoms with Crippen LogP contribution in [0.4, 0.5) is 5.69 Å². The van der Waals surface area contributed by atoms with Crippen LogP contribution >= 0.6 is 11.6 Å². The van der Waals surface area contributed by atoms with Crippen molar-refractivity contribution in [2.24, 2.45) is 0 Å². The van der Waals surface area contributed by atoms with E-state index in [4.69, 9.17) is 21.8 Å². The number of hydrogen-bond acceptors (Lipinski definition) is 3. The molecule has 3 N–H and O–H groups in total. The van der Waals surface area contributed by atoms with Crippen molar-refractivity contribution in [3.63, 3.8) is 0 Å². The van der Waals surface area contributed by atoms with E-state index in [1.807, 2.05) is 36.4 Å². The SMILES string of the molecule is Nc1ccc2c(c1)CCC2(O)c1cc2cccc(Cl)c2o1. The van der Waals surface area contributed by atoms with E-state index in [1.54, 1.807) is 6.07 Å². The minimum atomic E-state index is -1.11. The summed E-state index contributed by atoms with van der Waals surface area (Å²) in [6, 6.07) is 13.1. The Hall–Kier alpha value is -1.97. The number of rotatable bonds is 1. The van der Waals surface area contributed by atoms with Crippen LogP contribution in [0.5, 0.6) is 0 Å². The molecule has 106 valence electrons. The lowest BCUT2D eigenvalue weighted by molar-refractivity contribution is 0.0605. The summed E-state index contributed by atoms with van der Waals surface area (Å²) in [4.78, 5) is 0. The monoisotopic (exact) mass is 299 g/mol. The number of anilines is 1. The third-order valence-electron chi connectivity index (χ3n) is 4.23. The van der Waals surface area contributed by atoms with Crippen LogP contribution in [0.2, 0.25) is 5.02 Å². The Bertz CT molecular complexity index is 855. The molecular formula is C17H14ClNO2. The van der Waals surface area contributed by atoms with Crippen molar-refractivity contribution in [3.8, 4) is 0 Å². The maximum absolute atomic E-state index is 11.1. The zero-order valence-electron chi connectivity index (χ0n) is 11.3. The van der Waals surface area contributed by atoms with Gasteiger partial charge in [-0.05, 0) is 48.2 Å². The number of furan rings is 1. The highest BCUT2D eigenvalue weighted by atomic mass is 35.5. The van der Waals surface area contributed by atoms with E-state index in [1.165, 1.54) is 0 Å². The number of para-hydroxylation sites is 1. The average Bonchev–Trinajstić information content (AvgIpc) is 3.03. The first-order valence-electron chi connectivity index (χ1n) is 6.88. The maximum atomic E-state index is 11.1. The zero-order chi connectivity index (χ0) is 14.6. The van der Waals surface area contributed by atoms with E-state index >= 15 is 0 Å². The summed E-state index contributed by atoms with van der Waals surface area (Å²) in [5.41, 5.74) is 7.98. The number of aryl methyl sites for hydroxylation is 1. The fourth-order valence-corrected chi connectivity index (χ4v) is 3.38. The summed E-state index contributed by atoms with van der Waals surface area (Å²) < 4.78 is 5.86. The fraction of sp³-hybridized carbons (Fsp3) is 0.176. The van der Waals surface area contributed by atoms with Gasteiger partial charge < -0.3 is 15.3 Å². The van der Waals surface area contributed by atoms with Crippen molar-refractivity contribution in [2.45, 2.75) is 18.4 Å². The largest absolute Gasteiger partial charge is 0.456 e. The van der Waals surface area contributed by atoms with Crippen molar-refractivity contribution >= 4 is 28.3 Å². The highest BCUT2D eigenvalue weighted by molar-refractivity contribution is 6.34. The number of benzene rings is 2. The van der Waals surface area contributed by atoms with Crippen molar-refractivity contribution < 1.29 is 9.52 Å². The summed E-state index contributed by atoms with van der Waals surface area (Å²) in [6.45, 7) is 0. The number of nitrogen functional groups attached to an aromatic ring is 1. The maximum Gasteiger partial charge on any atom is 0.153 e. The summed E-state index contributed by atoms with van der Waals surface area (Å²) >= 11 is 6.15. The molecule has 3 nitrogen and oxygen atoms in total. The highest BCUT2D eigenvalue weighted by Crippen LogP contribution is 2.44. The van der Waals surface area contributed by atoms with Crippen LogP contribution in [0, 0.1) is 0 Å². The second-order valence-corrected chi connectivity index (χ2v) is 5.95. The summed E-state index contributed by atoms with van der Waals surface area (Å²) in [5.74, 6) is 0.536. The van der Waals surface area contributed by atoms with Gasteiger partial charge in [0.05, 0.1) is 5.02 Å². The van der Waals surface area contributed by atoms with Crippen LogP contribution in [0.3, 0.4) is 0 Å². The fourth-order valence-electron chi connectivity index (χ4n) is 3.16. The summed E-state index contributed by atoms with van der Waals surface area (Å²) in [6.07, 6.45) is 1.37. The summed E-state index contributed by atoms with van der Waals surface area (Å²) in [5, 5.41) is 12.6. The van der Waals surface area contributed by atoms with Gasteiger partial charge >= 0.3 is 0 Å². The van der Waals surface area contributed by atoms with Gasteiger partial charge in [0.1, 0.15) is 11.4 Å². The molecule has 0 spiro atoms. The molecule has 1 aliphatic carbocycles. The van der Waals surface area contributed by atoms with Gasteiger partial charge in [-0.2, -0.15) is 0 Å². The van der Waals surface area contributed by atoms with Crippen LogP contribution in [-0.4, -0.2) is 5.11 Å². The third kappa shape index (κ3) is 1.78. The molecule has 1 heterocycles. The van der Waals surface area contributed by atoms with Gasteiger partial charge in [0.2, 0.25) is 0 Å². The molecule has 21 heavy (non-hydrogen) atoms. The standard InChI is InChI=1S/C17H14ClNO2/c18-14-3-1-2-11-9-15(21-16(11)14)17(20)7-6-10-8-12(19)4-5-13(10)17/h1-5,8-9,20H,6-7,19H2. The molecule has 0 fully saturated rings. The first-order valence-corrected chi connectivity index (χ1v) is 7.25. The van der Waals surface area contributed by atoms with Gasteiger partial charge in [0.15, 0.2) is 5.58 Å². The molecule has 0 saturated heterocycles. The molecule has 0 amide bonds. The van der Waals surface area contributed by atoms with Gasteiger partial charge in [0, 0.05) is 11.1 Å². The predicted molar refractivity (Wildman–Crippen MR) is 83.4 cm³/mol. The zero-order valence-corrected chi connectivity index (χ0v) is 12.0. The van der Waals surface area contributed by atoms with Crippen molar-refractivity contribution in [3.05, 3.63) is 64.4 Å². The number of fused-ring (bicyclic) bond motifs is 2. The Balaban J connectivity index is 1.91. The van der Waals surface area contributed by atoms with Crippen LogP contribution in [0.15, 0.2) is 46.9 Å². The lowest BCUT2D eigenvalue weighted by Crippen LogP contribution is -2.23. The molecular weight excluding hydrogens is 286 g/mol. The molecule has 1 atom stereocenters. The van der Waals surface area contributed by atoms with Gasteiger partial charge in [-0.25, -0.2) is 0 Å². The highest BCUT2D eigenvalue weighted by Gasteiger charge is 2.41. The van der Waals surface area contributed by atoms with E-state index < -0.39 is 5.60 Å². The number of nitrogens with two attached hydrogens (primary N) is 1. The smallest absolute Gasteiger partial charge is 0.153 e. The van der Waals surface area contributed by atoms with E-state index in [0.29, 0.717) is 28.5 Å². The van der Waals surface area contributed by atoms with Crippen LogP contribution in [0.25, 0.3) is 11.0 Å². The van der Waals surface area contributed by atoms with E-state index in [-0.39, 0.29) is 0 Å². The molecule has 0 bridgehead atoms. The lowest BCUT2D eigenvalue weighted by atomic mass is 9.93. The van der Waals surface area contributed by atoms with E-state index in [0.717, 1.165) is 22.9 Å². The molecule has 3 aromatic rings. The van der Waals surface area contributed by atoms with Gasteiger partial charge in [-0.15, -0.1) is 0 Å². The Morgan fingerprint density at radius 3 is 2.86 bits per heavy atom. The van der Waals surface area contributed by atoms with Crippen molar-refractivity contribution in [1.29, 1.82) is 0 Å². The normalized spacial score (nSPS) is 20.9. The number of hydrogen-bond donors (Lipinski definition) is 2. The van der Waals surface area contributed by atoms with Gasteiger partial charge in [-0.1, -0.05) is 29.8 Å². The lowest BCUT2D eigenvalue weighted by Gasteiger charge is -2.21. The molecule has 1 unspecified atom stereocenters. The van der Waals surface area contributed by atoms with Crippen molar-refractivity contribution in [2.75, 3.05) is 5.73 Å². The van der Waals surface area contributed by atoms with Gasteiger partial charge in [-0.3, -0.25) is 0 Å². The first kappa shape index (κ1) is 12.7. The second-order valence-electron chi connectivity index (χ2n) is 5.55. The minimum absolute atomic E-state index is 0.536. The topological polar surface area (TPSA) is 59.4 Å². The molecule has 1 aliphatic rings. The molecule has 1 aromatic heterocycles. The summed E-state index contributed by atoms with van der Waals surface area (Å²) in [7, 11) is 0. The quantitative estimate of drug-likeness (QED) is 0.671. The van der Waals surface area contributed by atoms with Crippen LogP contribution in [-0.2, 0) is 12.0 Å². The van der Waals surface area contributed by atoms with Gasteiger partial charge in [0.25, 0.3) is 0 Å². The molecule has 4 heteroatoms. The first-order chi connectivity index (χ1) is 10.1. The van der Waals surface area contributed by atoms with Crippen molar-refractivity contribution in [1.82, 2.24) is 0 Å². The third-order valence-corrected chi connectivity index (χ3v) is 4.53. The predicted octanol–water partition coefficient (Wildman–Crippen LogP) is 3.85. The van der Waals surface area contributed by atoms with Crippen LogP contribution in [0.1, 0.15) is 23.3 Å². The molecule has 0 aliphatic heterocycles. The average molecular weight is 300 g/mol. The Morgan fingerprint density at radius 2 is 2.05 bits per heavy atom.